The molecule has 0 saturated carbocycles. The summed E-state index contributed by atoms with van der Waals surface area (Å²) < 4.78 is 0. The van der Waals surface area contributed by atoms with Gasteiger partial charge in [-0.15, -0.1) is 0 Å². The van der Waals surface area contributed by atoms with Crippen molar-refractivity contribution in [2.75, 3.05) is 0 Å². The second kappa shape index (κ2) is 6.89. The van der Waals surface area contributed by atoms with Crippen LogP contribution in [-0.2, 0) is 6.42 Å². The Morgan fingerprint density at radius 2 is 1.70 bits per heavy atom. The predicted octanol–water partition coefficient (Wildman–Crippen LogP) is 4.09. The highest BCUT2D eigenvalue weighted by molar-refractivity contribution is 6.30. The molecule has 20 heavy (non-hydrogen) atoms. The van der Waals surface area contributed by atoms with E-state index in [4.69, 9.17) is 17.4 Å². The number of hydrogen-bond acceptors (Lipinski definition) is 2. The highest BCUT2D eigenvalue weighted by Gasteiger charge is 2.13. The molecule has 0 heterocycles. The van der Waals surface area contributed by atoms with Gasteiger partial charge >= 0.3 is 0 Å². The van der Waals surface area contributed by atoms with Gasteiger partial charge in [-0.25, -0.2) is 5.43 Å². The van der Waals surface area contributed by atoms with E-state index in [1.807, 2.05) is 24.3 Å². The summed E-state index contributed by atoms with van der Waals surface area (Å²) >= 11 is 6.06. The molecule has 3 N–H and O–H groups in total. The maximum atomic E-state index is 6.06. The number of hydrazine groups is 1. The van der Waals surface area contributed by atoms with Crippen molar-refractivity contribution < 1.29 is 0 Å². The lowest BCUT2D eigenvalue weighted by Crippen LogP contribution is -2.28. The zero-order valence-corrected chi connectivity index (χ0v) is 12.7. The Bertz CT molecular complexity index is 566. The summed E-state index contributed by atoms with van der Waals surface area (Å²) in [6.45, 7) is 4.45. The Balaban J connectivity index is 2.32. The average Bonchev–Trinajstić information content (AvgIpc) is 2.39. The van der Waals surface area contributed by atoms with Gasteiger partial charge in [-0.3, -0.25) is 5.84 Å². The van der Waals surface area contributed by atoms with E-state index in [0.29, 0.717) is 5.92 Å². The van der Waals surface area contributed by atoms with Crippen LogP contribution in [0.2, 0.25) is 5.02 Å². The Kier molecular flexibility index (Phi) is 5.18. The largest absolute Gasteiger partial charge is 0.271 e. The Labute approximate surface area is 125 Å². The first-order valence-corrected chi connectivity index (χ1v) is 7.28. The molecule has 106 valence electrons. The van der Waals surface area contributed by atoms with Crippen LogP contribution in [-0.4, -0.2) is 0 Å². The molecule has 0 fully saturated rings. The molecule has 0 amide bonds. The molecule has 0 radical (unpaired) electrons. The zero-order valence-electron chi connectivity index (χ0n) is 11.9. The third-order valence-corrected chi connectivity index (χ3v) is 3.51. The molecule has 0 aliphatic heterocycles. The highest BCUT2D eigenvalue weighted by Crippen LogP contribution is 2.25. The van der Waals surface area contributed by atoms with Crippen molar-refractivity contribution in [3.05, 3.63) is 70.2 Å². The first-order chi connectivity index (χ1) is 9.60. The summed E-state index contributed by atoms with van der Waals surface area (Å²) in [5.74, 6) is 6.38. The summed E-state index contributed by atoms with van der Waals surface area (Å²) in [5.41, 5.74) is 6.45. The minimum atomic E-state index is -0.0409. The zero-order chi connectivity index (χ0) is 14.5. The van der Waals surface area contributed by atoms with Crippen LogP contribution in [0.5, 0.6) is 0 Å². The van der Waals surface area contributed by atoms with E-state index < -0.39 is 0 Å². The van der Waals surface area contributed by atoms with Crippen LogP contribution in [0.15, 0.2) is 48.5 Å². The molecule has 0 saturated heterocycles. The van der Waals surface area contributed by atoms with Gasteiger partial charge in [0, 0.05) is 5.02 Å². The molecule has 1 atom stereocenters. The number of hydrogen-bond donors (Lipinski definition) is 2. The van der Waals surface area contributed by atoms with E-state index in [2.05, 4.69) is 43.5 Å². The molecular weight excluding hydrogens is 268 g/mol. The molecule has 2 aromatic carbocycles. The van der Waals surface area contributed by atoms with Crippen LogP contribution in [0.1, 0.15) is 36.6 Å². The lowest BCUT2D eigenvalue weighted by molar-refractivity contribution is 0.628. The standard InChI is InChI=1S/C17H21ClN2/c1-12(2)9-13-5-3-6-14(10-13)17(20-19)15-7-4-8-16(18)11-15/h3-8,10-12,17,20H,9,19H2,1-2H3. The van der Waals surface area contributed by atoms with Crippen LogP contribution in [0.3, 0.4) is 0 Å². The molecule has 1 unspecified atom stereocenters. The molecule has 0 spiro atoms. The van der Waals surface area contributed by atoms with Gasteiger partial charge in [0.15, 0.2) is 0 Å². The lowest BCUT2D eigenvalue weighted by Gasteiger charge is -2.18. The van der Waals surface area contributed by atoms with E-state index in [-0.39, 0.29) is 6.04 Å². The normalized spacial score (nSPS) is 12.7. The predicted molar refractivity (Wildman–Crippen MR) is 85.6 cm³/mol. The van der Waals surface area contributed by atoms with Crippen molar-refractivity contribution >= 4 is 11.6 Å². The Morgan fingerprint density at radius 3 is 2.30 bits per heavy atom. The SMILES string of the molecule is CC(C)Cc1cccc(C(NN)c2cccc(Cl)c2)c1. The fourth-order valence-electron chi connectivity index (χ4n) is 2.44. The number of rotatable bonds is 5. The molecule has 0 bridgehead atoms. The molecule has 2 rings (SSSR count). The monoisotopic (exact) mass is 288 g/mol. The van der Waals surface area contributed by atoms with Crippen LogP contribution >= 0.6 is 11.6 Å². The maximum Gasteiger partial charge on any atom is 0.0710 e. The van der Waals surface area contributed by atoms with Gasteiger partial charge in [0.1, 0.15) is 0 Å². The highest BCUT2D eigenvalue weighted by atomic mass is 35.5. The number of nitrogens with two attached hydrogens (primary N) is 1. The fourth-order valence-corrected chi connectivity index (χ4v) is 2.64. The van der Waals surface area contributed by atoms with Gasteiger partial charge in [-0.05, 0) is 41.2 Å². The van der Waals surface area contributed by atoms with E-state index in [1.54, 1.807) is 0 Å². The topological polar surface area (TPSA) is 38.0 Å². The third-order valence-electron chi connectivity index (χ3n) is 3.28. The molecule has 3 heteroatoms. The minimum Gasteiger partial charge on any atom is -0.271 e. The smallest absolute Gasteiger partial charge is 0.0710 e. The lowest BCUT2D eigenvalue weighted by atomic mass is 9.95. The number of benzene rings is 2. The molecule has 0 aromatic heterocycles. The van der Waals surface area contributed by atoms with Crippen LogP contribution in [0.25, 0.3) is 0 Å². The van der Waals surface area contributed by atoms with Crippen molar-refractivity contribution in [2.45, 2.75) is 26.3 Å². The van der Waals surface area contributed by atoms with Crippen molar-refractivity contribution in [3.63, 3.8) is 0 Å². The summed E-state index contributed by atoms with van der Waals surface area (Å²) in [4.78, 5) is 0. The first kappa shape index (κ1) is 15.0. The molecule has 2 aromatic rings. The van der Waals surface area contributed by atoms with Crippen molar-refractivity contribution in [1.82, 2.24) is 5.43 Å². The summed E-state index contributed by atoms with van der Waals surface area (Å²) in [7, 11) is 0. The molecule has 0 aliphatic carbocycles. The van der Waals surface area contributed by atoms with Gasteiger partial charge in [-0.2, -0.15) is 0 Å². The van der Waals surface area contributed by atoms with Gasteiger partial charge < -0.3 is 0 Å². The maximum absolute atomic E-state index is 6.06. The van der Waals surface area contributed by atoms with Gasteiger partial charge in [-0.1, -0.05) is 61.8 Å². The molecular formula is C17H21ClN2. The van der Waals surface area contributed by atoms with E-state index in [0.717, 1.165) is 22.6 Å². The van der Waals surface area contributed by atoms with Crippen molar-refractivity contribution in [1.29, 1.82) is 0 Å². The summed E-state index contributed by atoms with van der Waals surface area (Å²) in [6, 6.07) is 16.3. The van der Waals surface area contributed by atoms with Crippen LogP contribution < -0.4 is 11.3 Å². The summed E-state index contributed by atoms with van der Waals surface area (Å²) in [6.07, 6.45) is 1.07. The van der Waals surface area contributed by atoms with Crippen molar-refractivity contribution in [3.8, 4) is 0 Å². The molecule has 2 nitrogen and oxygen atoms in total. The van der Waals surface area contributed by atoms with E-state index >= 15 is 0 Å². The van der Waals surface area contributed by atoms with Gasteiger partial charge in [0.25, 0.3) is 0 Å². The molecule has 0 aliphatic rings. The van der Waals surface area contributed by atoms with Crippen molar-refractivity contribution in [2.24, 2.45) is 11.8 Å². The fraction of sp³-hybridized carbons (Fsp3) is 0.294. The van der Waals surface area contributed by atoms with E-state index in [9.17, 15) is 0 Å². The quantitative estimate of drug-likeness (QED) is 0.642. The second-order valence-corrected chi connectivity index (χ2v) is 5.93. The number of nitrogens with one attached hydrogen (secondary N) is 1. The average molecular weight is 289 g/mol. The first-order valence-electron chi connectivity index (χ1n) is 6.90. The summed E-state index contributed by atoms with van der Waals surface area (Å²) in [5, 5.41) is 0.723. The van der Waals surface area contributed by atoms with Gasteiger partial charge in [0.05, 0.1) is 6.04 Å². The van der Waals surface area contributed by atoms with Crippen LogP contribution in [0.4, 0.5) is 0 Å². The Morgan fingerprint density at radius 1 is 1.05 bits per heavy atom. The van der Waals surface area contributed by atoms with Crippen LogP contribution in [0, 0.1) is 5.92 Å². The number of halogens is 1. The van der Waals surface area contributed by atoms with E-state index in [1.165, 1.54) is 5.56 Å². The minimum absolute atomic E-state index is 0.0409. The van der Waals surface area contributed by atoms with Gasteiger partial charge in [0.2, 0.25) is 0 Å². The third kappa shape index (κ3) is 3.83. The second-order valence-electron chi connectivity index (χ2n) is 5.50. The Hall–Kier alpha value is -1.35.